The quantitative estimate of drug-likeness (QED) is 0.879. The molecule has 2 aromatic rings. The van der Waals surface area contributed by atoms with Crippen molar-refractivity contribution in [3.63, 3.8) is 0 Å². The van der Waals surface area contributed by atoms with Crippen molar-refractivity contribution >= 4 is 23.2 Å². The maximum absolute atomic E-state index is 12.8. The highest BCUT2D eigenvalue weighted by molar-refractivity contribution is 6.30. The maximum Gasteiger partial charge on any atom is 0.225 e. The lowest BCUT2D eigenvalue weighted by molar-refractivity contribution is -0.126. The Balaban J connectivity index is 1.56. The standard InChI is InChI=1S/C22H26ClN3O/c1-2-24-22(27)19-13-17-5-3-4-6-20(17)26-12-11-25(15-21(19)26)14-16-7-9-18(23)10-8-16/h3-10,19,21H,2,11-15H2,1H3,(H,24,27)/t19-,21+/m1/s1. The Hall–Kier alpha value is -2.04. The lowest BCUT2D eigenvalue weighted by atomic mass is 9.83. The van der Waals surface area contributed by atoms with Gasteiger partial charge in [-0.15, -0.1) is 0 Å². The summed E-state index contributed by atoms with van der Waals surface area (Å²) >= 11 is 6.01. The third kappa shape index (κ3) is 3.83. The zero-order valence-electron chi connectivity index (χ0n) is 15.7. The number of benzene rings is 2. The topological polar surface area (TPSA) is 35.6 Å². The first-order valence-corrected chi connectivity index (χ1v) is 10.1. The van der Waals surface area contributed by atoms with E-state index in [0.29, 0.717) is 6.54 Å². The number of amides is 1. The van der Waals surface area contributed by atoms with Crippen LogP contribution in [0.3, 0.4) is 0 Å². The number of nitrogens with zero attached hydrogens (tertiary/aromatic N) is 2. The fourth-order valence-electron chi connectivity index (χ4n) is 4.41. The summed E-state index contributed by atoms with van der Waals surface area (Å²) in [5.74, 6) is 0.170. The Morgan fingerprint density at radius 2 is 1.93 bits per heavy atom. The molecule has 142 valence electrons. The average molecular weight is 384 g/mol. The molecule has 1 N–H and O–H groups in total. The van der Waals surface area contributed by atoms with Crippen molar-refractivity contribution in [2.24, 2.45) is 5.92 Å². The number of rotatable bonds is 4. The van der Waals surface area contributed by atoms with E-state index < -0.39 is 0 Å². The summed E-state index contributed by atoms with van der Waals surface area (Å²) in [6, 6.07) is 16.8. The van der Waals surface area contributed by atoms with E-state index in [0.717, 1.165) is 37.6 Å². The molecule has 1 saturated heterocycles. The fraction of sp³-hybridized carbons (Fsp3) is 0.409. The van der Waals surface area contributed by atoms with Gasteiger partial charge in [-0.05, 0) is 42.7 Å². The largest absolute Gasteiger partial charge is 0.365 e. The summed E-state index contributed by atoms with van der Waals surface area (Å²) in [6.07, 6.45) is 0.817. The van der Waals surface area contributed by atoms with Gasteiger partial charge in [-0.1, -0.05) is 41.9 Å². The number of carbonyl (C=O) groups is 1. The van der Waals surface area contributed by atoms with Gasteiger partial charge in [-0.2, -0.15) is 0 Å². The summed E-state index contributed by atoms with van der Waals surface area (Å²) in [6.45, 7) is 6.41. The van der Waals surface area contributed by atoms with Gasteiger partial charge in [-0.3, -0.25) is 9.69 Å². The van der Waals surface area contributed by atoms with Gasteiger partial charge >= 0.3 is 0 Å². The molecule has 0 radical (unpaired) electrons. The average Bonchev–Trinajstić information content (AvgIpc) is 2.69. The molecule has 0 aromatic heterocycles. The molecular weight excluding hydrogens is 358 g/mol. The van der Waals surface area contributed by atoms with Crippen molar-refractivity contribution < 1.29 is 4.79 Å². The Morgan fingerprint density at radius 3 is 2.70 bits per heavy atom. The van der Waals surface area contributed by atoms with E-state index in [1.54, 1.807) is 0 Å². The first-order chi connectivity index (χ1) is 13.2. The number of nitrogens with one attached hydrogen (secondary N) is 1. The molecule has 1 fully saturated rings. The highest BCUT2D eigenvalue weighted by Crippen LogP contribution is 2.36. The summed E-state index contributed by atoms with van der Waals surface area (Å²) in [5.41, 5.74) is 3.85. The van der Waals surface area contributed by atoms with Gasteiger partial charge in [0.1, 0.15) is 0 Å². The lowest BCUT2D eigenvalue weighted by Crippen LogP contribution is -2.60. The molecule has 0 bridgehead atoms. The zero-order valence-corrected chi connectivity index (χ0v) is 16.5. The van der Waals surface area contributed by atoms with E-state index in [2.05, 4.69) is 51.5 Å². The van der Waals surface area contributed by atoms with Crippen LogP contribution in [-0.4, -0.2) is 43.0 Å². The Morgan fingerprint density at radius 1 is 1.15 bits per heavy atom. The molecule has 2 aliphatic heterocycles. The van der Waals surface area contributed by atoms with E-state index in [1.165, 1.54) is 16.8 Å². The minimum absolute atomic E-state index is 0.00660. The number of anilines is 1. The normalized spacial score (nSPS) is 22.1. The molecule has 27 heavy (non-hydrogen) atoms. The monoisotopic (exact) mass is 383 g/mol. The van der Waals surface area contributed by atoms with Crippen LogP contribution < -0.4 is 10.2 Å². The summed E-state index contributed by atoms with van der Waals surface area (Å²) in [5, 5.41) is 3.82. The molecule has 2 atom stereocenters. The van der Waals surface area contributed by atoms with Gasteiger partial charge in [0.25, 0.3) is 0 Å². The second-order valence-electron chi connectivity index (χ2n) is 7.46. The van der Waals surface area contributed by atoms with Crippen LogP contribution >= 0.6 is 11.6 Å². The van der Waals surface area contributed by atoms with Crippen molar-refractivity contribution in [2.45, 2.75) is 25.9 Å². The van der Waals surface area contributed by atoms with Crippen LogP contribution in [0.4, 0.5) is 5.69 Å². The minimum Gasteiger partial charge on any atom is -0.365 e. The number of para-hydroxylation sites is 1. The van der Waals surface area contributed by atoms with Gasteiger partial charge in [0, 0.05) is 43.4 Å². The maximum atomic E-state index is 12.8. The van der Waals surface area contributed by atoms with Crippen molar-refractivity contribution in [1.29, 1.82) is 0 Å². The van der Waals surface area contributed by atoms with Crippen LogP contribution in [0.15, 0.2) is 48.5 Å². The van der Waals surface area contributed by atoms with Gasteiger partial charge in [0.2, 0.25) is 5.91 Å². The molecular formula is C22H26ClN3O. The van der Waals surface area contributed by atoms with E-state index >= 15 is 0 Å². The number of piperazine rings is 1. The minimum atomic E-state index is -0.00660. The third-order valence-electron chi connectivity index (χ3n) is 5.72. The molecule has 4 rings (SSSR count). The number of carbonyl (C=O) groups excluding carboxylic acids is 1. The smallest absolute Gasteiger partial charge is 0.225 e. The molecule has 2 aliphatic rings. The first kappa shape index (κ1) is 18.3. The number of fused-ring (bicyclic) bond motifs is 3. The lowest BCUT2D eigenvalue weighted by Gasteiger charge is -2.49. The molecule has 0 aliphatic carbocycles. The van der Waals surface area contributed by atoms with E-state index in [9.17, 15) is 4.79 Å². The predicted molar refractivity (Wildman–Crippen MR) is 110 cm³/mol. The second-order valence-corrected chi connectivity index (χ2v) is 7.89. The Bertz CT molecular complexity index is 807. The van der Waals surface area contributed by atoms with E-state index in [4.69, 9.17) is 11.6 Å². The van der Waals surface area contributed by atoms with Crippen molar-refractivity contribution in [3.8, 4) is 0 Å². The van der Waals surface area contributed by atoms with E-state index in [1.807, 2.05) is 19.1 Å². The third-order valence-corrected chi connectivity index (χ3v) is 5.97. The van der Waals surface area contributed by atoms with Crippen LogP contribution in [0.25, 0.3) is 0 Å². The van der Waals surface area contributed by atoms with Crippen LogP contribution in [-0.2, 0) is 17.8 Å². The fourth-order valence-corrected chi connectivity index (χ4v) is 4.54. The van der Waals surface area contributed by atoms with Crippen molar-refractivity contribution in [1.82, 2.24) is 10.2 Å². The SMILES string of the molecule is CCNC(=O)[C@@H]1Cc2ccccc2N2CCN(Cc3ccc(Cl)cc3)C[C@@H]12. The van der Waals surface area contributed by atoms with Crippen LogP contribution in [0.2, 0.25) is 5.02 Å². The highest BCUT2D eigenvalue weighted by Gasteiger charge is 2.41. The molecule has 2 aromatic carbocycles. The Labute approximate surface area is 166 Å². The van der Waals surface area contributed by atoms with Gasteiger partial charge in [0.05, 0.1) is 12.0 Å². The molecule has 0 spiro atoms. The zero-order chi connectivity index (χ0) is 18.8. The molecule has 2 heterocycles. The van der Waals surface area contributed by atoms with Gasteiger partial charge in [-0.25, -0.2) is 0 Å². The first-order valence-electron chi connectivity index (χ1n) is 9.74. The number of hydrogen-bond donors (Lipinski definition) is 1. The van der Waals surface area contributed by atoms with Crippen molar-refractivity contribution in [2.75, 3.05) is 31.1 Å². The van der Waals surface area contributed by atoms with Crippen molar-refractivity contribution in [3.05, 3.63) is 64.7 Å². The highest BCUT2D eigenvalue weighted by atomic mass is 35.5. The number of hydrogen-bond acceptors (Lipinski definition) is 3. The molecule has 1 amide bonds. The van der Waals surface area contributed by atoms with Crippen LogP contribution in [0.5, 0.6) is 0 Å². The van der Waals surface area contributed by atoms with Crippen LogP contribution in [0, 0.1) is 5.92 Å². The van der Waals surface area contributed by atoms with Gasteiger partial charge in [0.15, 0.2) is 0 Å². The second kappa shape index (κ2) is 7.91. The summed E-state index contributed by atoms with van der Waals surface area (Å²) in [4.78, 5) is 17.7. The summed E-state index contributed by atoms with van der Waals surface area (Å²) in [7, 11) is 0. The predicted octanol–water partition coefficient (Wildman–Crippen LogP) is 3.34. The molecule has 0 unspecified atom stereocenters. The number of halogens is 1. The Kier molecular flexibility index (Phi) is 5.37. The van der Waals surface area contributed by atoms with E-state index in [-0.39, 0.29) is 17.9 Å². The van der Waals surface area contributed by atoms with Crippen LogP contribution in [0.1, 0.15) is 18.1 Å². The molecule has 5 heteroatoms. The molecule has 4 nitrogen and oxygen atoms in total. The van der Waals surface area contributed by atoms with Gasteiger partial charge < -0.3 is 10.2 Å². The molecule has 0 saturated carbocycles. The summed E-state index contributed by atoms with van der Waals surface area (Å²) < 4.78 is 0.